The summed E-state index contributed by atoms with van der Waals surface area (Å²) in [5, 5.41) is 0. The molecular formula is C26H16F3N7Pt. The van der Waals surface area contributed by atoms with Crippen LogP contribution in [0.4, 0.5) is 13.2 Å². The van der Waals surface area contributed by atoms with Gasteiger partial charge in [0.25, 0.3) is 0 Å². The van der Waals surface area contributed by atoms with Crippen molar-refractivity contribution in [2.45, 2.75) is 18.5 Å². The van der Waals surface area contributed by atoms with E-state index < -0.39 is 11.6 Å². The number of hydrogen-bond acceptors (Lipinski definition) is 5. The second kappa shape index (κ2) is 9.19. The number of alkyl halides is 3. The van der Waals surface area contributed by atoms with Gasteiger partial charge in [-0.15, -0.1) is 0 Å². The van der Waals surface area contributed by atoms with Crippen molar-refractivity contribution in [1.29, 1.82) is 0 Å². The molecule has 0 spiro atoms. The fourth-order valence-corrected chi connectivity index (χ4v) is 4.12. The Morgan fingerprint density at radius 3 is 1.97 bits per heavy atom. The molecule has 0 aliphatic heterocycles. The first-order chi connectivity index (χ1) is 17.4. The molecule has 0 amide bonds. The van der Waals surface area contributed by atoms with Gasteiger partial charge >= 0.3 is 27.2 Å². The molecule has 186 valence electrons. The predicted molar refractivity (Wildman–Crippen MR) is 126 cm³/mol. The molecule has 0 aliphatic carbocycles. The standard InChI is InChI=1S/C26H16F3N7.Pt/c1-25(26(27,28)29,21-11-6-12-23(33-21)35-15-31-17-7-2-4-9-19(17)35)22-13-14-30-24(34-22)36-16-32-18-8-3-5-10-20(18)36;/h2-14H,1H3;/q-2;+2. The normalized spacial score (nSPS) is 13.4. The Morgan fingerprint density at radius 1 is 0.703 bits per heavy atom. The van der Waals surface area contributed by atoms with Gasteiger partial charge in [-0.1, -0.05) is 66.2 Å². The van der Waals surface area contributed by atoms with Gasteiger partial charge in [0, 0.05) is 18.9 Å². The van der Waals surface area contributed by atoms with Crippen molar-refractivity contribution < 1.29 is 34.2 Å². The molecule has 0 bridgehead atoms. The fourth-order valence-electron chi connectivity index (χ4n) is 4.12. The molecule has 7 nitrogen and oxygen atoms in total. The number of hydrogen-bond donors (Lipinski definition) is 0. The van der Waals surface area contributed by atoms with Gasteiger partial charge in [-0.2, -0.15) is 13.2 Å². The van der Waals surface area contributed by atoms with Gasteiger partial charge in [0.1, 0.15) is 11.4 Å². The van der Waals surface area contributed by atoms with Gasteiger partial charge in [0.15, 0.2) is 0 Å². The Labute approximate surface area is 223 Å². The van der Waals surface area contributed by atoms with Crippen LogP contribution in [-0.2, 0) is 26.5 Å². The molecule has 6 aromatic rings. The molecule has 1 unspecified atom stereocenters. The van der Waals surface area contributed by atoms with E-state index >= 15 is 0 Å². The van der Waals surface area contributed by atoms with E-state index in [4.69, 9.17) is 0 Å². The number of halogens is 3. The fraction of sp³-hybridized carbons (Fsp3) is 0.115. The molecule has 2 aromatic carbocycles. The Kier molecular flexibility index (Phi) is 6.15. The van der Waals surface area contributed by atoms with E-state index in [1.165, 1.54) is 33.5 Å². The Morgan fingerprint density at radius 2 is 1.30 bits per heavy atom. The zero-order valence-corrected chi connectivity index (χ0v) is 21.4. The van der Waals surface area contributed by atoms with Crippen LogP contribution >= 0.6 is 0 Å². The van der Waals surface area contributed by atoms with Gasteiger partial charge in [0.05, 0.1) is 17.2 Å². The summed E-state index contributed by atoms with van der Waals surface area (Å²) in [6.45, 7) is 1.07. The van der Waals surface area contributed by atoms with Crippen LogP contribution in [0.2, 0.25) is 0 Å². The van der Waals surface area contributed by atoms with Crippen LogP contribution in [-0.4, -0.2) is 40.2 Å². The first kappa shape index (κ1) is 24.8. The summed E-state index contributed by atoms with van der Waals surface area (Å²) in [6, 6.07) is 20.1. The van der Waals surface area contributed by atoms with Crippen LogP contribution < -0.4 is 0 Å². The molecule has 0 saturated heterocycles. The zero-order valence-electron chi connectivity index (χ0n) is 19.1. The molecule has 37 heavy (non-hydrogen) atoms. The minimum atomic E-state index is -4.72. The van der Waals surface area contributed by atoms with Crippen LogP contribution in [0.1, 0.15) is 18.3 Å². The monoisotopic (exact) mass is 678 g/mol. The summed E-state index contributed by atoms with van der Waals surface area (Å²) in [7, 11) is 0. The molecule has 4 heterocycles. The van der Waals surface area contributed by atoms with Gasteiger partial charge in [0.2, 0.25) is 0 Å². The molecule has 1 atom stereocenters. The molecule has 6 rings (SSSR count). The first-order valence-corrected chi connectivity index (χ1v) is 10.9. The van der Waals surface area contributed by atoms with Crippen molar-refractivity contribution in [2.24, 2.45) is 0 Å². The van der Waals surface area contributed by atoms with E-state index in [9.17, 15) is 13.2 Å². The Hall–Kier alpha value is -3.91. The van der Waals surface area contributed by atoms with Gasteiger partial charge < -0.3 is 19.1 Å². The van der Waals surface area contributed by atoms with E-state index in [0.717, 1.165) is 6.92 Å². The van der Waals surface area contributed by atoms with Crippen LogP contribution in [0.3, 0.4) is 0 Å². The van der Waals surface area contributed by atoms with E-state index in [1.54, 1.807) is 36.4 Å². The zero-order chi connectivity index (χ0) is 24.9. The van der Waals surface area contributed by atoms with Crippen molar-refractivity contribution in [2.75, 3.05) is 0 Å². The maximum Gasteiger partial charge on any atom is 2.00 e. The quantitative estimate of drug-likeness (QED) is 0.245. The molecule has 4 aromatic heterocycles. The summed E-state index contributed by atoms with van der Waals surface area (Å²) in [5.41, 5.74) is -0.407. The van der Waals surface area contributed by atoms with E-state index in [1.807, 2.05) is 18.2 Å². The SMILES string of the molecule is CC(c1cccc(-n2[c-]nc3ccccc32)n1)(c1ccnc(-n2[c-]nc3ccccc32)n1)C(F)(F)F.[Pt+2]. The number of rotatable bonds is 4. The van der Waals surface area contributed by atoms with Crippen LogP contribution in [0, 0.1) is 12.7 Å². The summed E-state index contributed by atoms with van der Waals surface area (Å²) in [4.78, 5) is 21.3. The average Bonchev–Trinajstić information content (AvgIpc) is 3.52. The molecule has 0 aliphatic rings. The topological polar surface area (TPSA) is 74.3 Å². The summed E-state index contributed by atoms with van der Waals surface area (Å²) in [5.74, 6) is 0.293. The smallest absolute Gasteiger partial charge is 0.411 e. The Balaban J connectivity index is 0.00000280. The minimum Gasteiger partial charge on any atom is -0.411 e. The molecular weight excluding hydrogens is 662 g/mol. The van der Waals surface area contributed by atoms with Crippen molar-refractivity contribution in [3.63, 3.8) is 0 Å². The van der Waals surface area contributed by atoms with Crippen LogP contribution in [0.25, 0.3) is 33.8 Å². The largest absolute Gasteiger partial charge is 2.00 e. The second-order valence-electron chi connectivity index (χ2n) is 8.32. The van der Waals surface area contributed by atoms with Crippen molar-refractivity contribution in [3.05, 3.63) is 103 Å². The summed E-state index contributed by atoms with van der Waals surface area (Å²) < 4.78 is 47.3. The summed E-state index contributed by atoms with van der Waals surface area (Å²) in [6.07, 6.45) is 2.16. The number of fused-ring (bicyclic) bond motifs is 2. The van der Waals surface area contributed by atoms with E-state index in [2.05, 4.69) is 37.6 Å². The maximum absolute atomic E-state index is 14.8. The second-order valence-corrected chi connectivity index (χ2v) is 8.32. The molecule has 0 N–H and O–H groups in total. The molecule has 0 fully saturated rings. The third kappa shape index (κ3) is 4.01. The van der Waals surface area contributed by atoms with Crippen LogP contribution in [0.15, 0.2) is 79.0 Å². The van der Waals surface area contributed by atoms with Gasteiger partial charge in [-0.05, 0) is 35.6 Å². The number of pyridine rings is 1. The molecule has 0 radical (unpaired) electrons. The van der Waals surface area contributed by atoms with E-state index in [-0.39, 0.29) is 44.2 Å². The first-order valence-electron chi connectivity index (χ1n) is 10.9. The van der Waals surface area contributed by atoms with Gasteiger partial charge in [-0.25, -0.2) is 0 Å². The molecule has 0 saturated carbocycles. The third-order valence-corrected chi connectivity index (χ3v) is 6.18. The number of para-hydroxylation sites is 4. The van der Waals surface area contributed by atoms with Crippen molar-refractivity contribution in [1.82, 2.24) is 34.1 Å². The van der Waals surface area contributed by atoms with Crippen LogP contribution in [0.5, 0.6) is 0 Å². The van der Waals surface area contributed by atoms with Crippen molar-refractivity contribution in [3.8, 4) is 11.8 Å². The van der Waals surface area contributed by atoms with Crippen molar-refractivity contribution >= 4 is 22.1 Å². The average molecular weight is 679 g/mol. The Bertz CT molecular complexity index is 1610. The predicted octanol–water partition coefficient (Wildman–Crippen LogP) is 5.02. The number of nitrogens with zero attached hydrogens (tertiary/aromatic N) is 7. The minimum absolute atomic E-state index is 0. The van der Waals surface area contributed by atoms with E-state index in [0.29, 0.717) is 22.1 Å². The number of imidazole rings is 2. The number of benzene rings is 2. The maximum atomic E-state index is 14.8. The van der Waals surface area contributed by atoms with Gasteiger partial charge in [-0.3, -0.25) is 15.0 Å². The molecule has 11 heteroatoms. The number of aromatic nitrogens is 7. The summed E-state index contributed by atoms with van der Waals surface area (Å²) >= 11 is 0. The third-order valence-electron chi connectivity index (χ3n) is 6.18.